The van der Waals surface area contributed by atoms with Crippen LogP contribution in [0, 0.1) is 29.1 Å². The quantitative estimate of drug-likeness (QED) is 0.506. The van der Waals surface area contributed by atoms with E-state index in [0.29, 0.717) is 29.4 Å². The third kappa shape index (κ3) is 5.61. The van der Waals surface area contributed by atoms with Gasteiger partial charge >= 0.3 is 0 Å². The molecule has 10 heteroatoms. The highest BCUT2D eigenvalue weighted by atomic mass is 16.3. The predicted molar refractivity (Wildman–Crippen MR) is 146 cm³/mol. The van der Waals surface area contributed by atoms with Crippen molar-refractivity contribution in [1.82, 2.24) is 25.1 Å². The van der Waals surface area contributed by atoms with Gasteiger partial charge in [0.1, 0.15) is 11.6 Å². The molecule has 2 fully saturated rings. The number of nitrogens with zero attached hydrogens (tertiary/aromatic N) is 8. The predicted octanol–water partition coefficient (Wildman–Crippen LogP) is 2.52. The summed E-state index contributed by atoms with van der Waals surface area (Å²) < 4.78 is 0. The summed E-state index contributed by atoms with van der Waals surface area (Å²) >= 11 is 0. The number of nitriles is 1. The molecular weight excluding hydrogens is 478 g/mol. The van der Waals surface area contributed by atoms with Crippen LogP contribution < -0.4 is 15.5 Å². The van der Waals surface area contributed by atoms with E-state index in [9.17, 15) is 5.11 Å². The minimum Gasteiger partial charge on any atom is -0.507 e. The summed E-state index contributed by atoms with van der Waals surface area (Å²) in [5.41, 5.74) is 8.26. The van der Waals surface area contributed by atoms with Gasteiger partial charge in [-0.15, -0.1) is 10.2 Å². The van der Waals surface area contributed by atoms with Gasteiger partial charge in [0.2, 0.25) is 5.82 Å². The largest absolute Gasteiger partial charge is 0.507 e. The lowest BCUT2D eigenvalue weighted by Gasteiger charge is -2.28. The third-order valence-electron chi connectivity index (χ3n) is 7.17. The Labute approximate surface area is 222 Å². The van der Waals surface area contributed by atoms with Gasteiger partial charge in [-0.1, -0.05) is 18.1 Å². The smallest absolute Gasteiger partial charge is 0.206 e. The monoisotopic (exact) mass is 509 g/mol. The van der Waals surface area contributed by atoms with Gasteiger partial charge in [0.05, 0.1) is 29.9 Å². The Morgan fingerprint density at radius 2 is 1.97 bits per heavy atom. The first-order valence-electron chi connectivity index (χ1n) is 12.9. The number of rotatable bonds is 4. The van der Waals surface area contributed by atoms with Crippen molar-refractivity contribution in [2.45, 2.75) is 25.8 Å². The first-order chi connectivity index (χ1) is 18.5. The summed E-state index contributed by atoms with van der Waals surface area (Å²) in [5, 5.41) is 27.8. The van der Waals surface area contributed by atoms with Crippen LogP contribution in [0.2, 0.25) is 0 Å². The Hall–Kier alpha value is -4.41. The van der Waals surface area contributed by atoms with Gasteiger partial charge in [-0.05, 0) is 50.0 Å². The van der Waals surface area contributed by atoms with Crippen LogP contribution in [0.5, 0.6) is 5.75 Å². The molecule has 1 aromatic carbocycles. The highest BCUT2D eigenvalue weighted by Gasteiger charge is 2.25. The van der Waals surface area contributed by atoms with Gasteiger partial charge in [-0.2, -0.15) is 5.26 Å². The van der Waals surface area contributed by atoms with Crippen LogP contribution >= 0.6 is 0 Å². The van der Waals surface area contributed by atoms with Crippen LogP contribution in [0.3, 0.4) is 0 Å². The van der Waals surface area contributed by atoms with Crippen molar-refractivity contribution in [2.75, 3.05) is 54.8 Å². The fourth-order valence-corrected chi connectivity index (χ4v) is 4.99. The van der Waals surface area contributed by atoms with Gasteiger partial charge in [-0.25, -0.2) is 9.97 Å². The van der Waals surface area contributed by atoms with Crippen LogP contribution in [0.25, 0.3) is 11.3 Å². The highest BCUT2D eigenvalue weighted by molar-refractivity contribution is 5.74. The Kier molecular flexibility index (Phi) is 7.52. The zero-order chi connectivity index (χ0) is 26.5. The maximum atomic E-state index is 10.3. The van der Waals surface area contributed by atoms with Crippen molar-refractivity contribution in [1.29, 1.82) is 5.26 Å². The Morgan fingerprint density at radius 3 is 2.79 bits per heavy atom. The lowest BCUT2D eigenvalue weighted by atomic mass is 10.1. The highest BCUT2D eigenvalue weighted by Crippen LogP contribution is 2.32. The number of anilines is 3. The Bertz CT molecular complexity index is 1390. The topological polar surface area (TPSA) is 131 Å². The minimum atomic E-state index is 0.107. The maximum absolute atomic E-state index is 10.3. The number of aromatic hydroxyl groups is 1. The fraction of sp³-hybridized carbons (Fsp3) is 0.393. The van der Waals surface area contributed by atoms with Gasteiger partial charge in [0.25, 0.3) is 0 Å². The van der Waals surface area contributed by atoms with Gasteiger partial charge < -0.3 is 20.6 Å². The summed E-state index contributed by atoms with van der Waals surface area (Å²) in [6.07, 6.45) is 3.56. The number of aromatic nitrogens is 4. The summed E-state index contributed by atoms with van der Waals surface area (Å²) in [6.45, 7) is 6.75. The van der Waals surface area contributed by atoms with Gasteiger partial charge in [0, 0.05) is 50.5 Å². The average Bonchev–Trinajstić information content (AvgIpc) is 3.31. The van der Waals surface area contributed by atoms with Crippen molar-refractivity contribution in [3.8, 4) is 34.9 Å². The molecule has 0 amide bonds. The van der Waals surface area contributed by atoms with Gasteiger partial charge in [0.15, 0.2) is 5.82 Å². The van der Waals surface area contributed by atoms with Crippen molar-refractivity contribution < 1.29 is 5.11 Å². The number of hydrogen-bond acceptors (Lipinski definition) is 10. The van der Waals surface area contributed by atoms with Crippen LogP contribution in [-0.2, 0) is 0 Å². The Morgan fingerprint density at radius 1 is 1.11 bits per heavy atom. The second-order valence-electron chi connectivity index (χ2n) is 9.73. The lowest BCUT2D eigenvalue weighted by molar-refractivity contribution is 0.375. The summed E-state index contributed by atoms with van der Waals surface area (Å²) in [5.74, 6) is 8.24. The minimum absolute atomic E-state index is 0.107. The molecule has 5 rings (SSSR count). The first kappa shape index (κ1) is 25.2. The summed E-state index contributed by atoms with van der Waals surface area (Å²) in [6, 6.07) is 13.5. The van der Waals surface area contributed by atoms with Crippen LogP contribution in [0.1, 0.15) is 25.6 Å². The molecule has 2 saturated heterocycles. The molecule has 10 nitrogen and oxygen atoms in total. The lowest BCUT2D eigenvalue weighted by Crippen LogP contribution is -2.35. The molecule has 2 aliphatic heterocycles. The van der Waals surface area contributed by atoms with E-state index in [1.54, 1.807) is 18.3 Å². The van der Waals surface area contributed by atoms with E-state index in [4.69, 9.17) is 16.0 Å². The summed E-state index contributed by atoms with van der Waals surface area (Å²) in [7, 11) is 0. The molecule has 194 valence electrons. The molecule has 4 heterocycles. The van der Waals surface area contributed by atoms with E-state index in [1.165, 1.54) is 0 Å². The molecule has 2 aromatic heterocycles. The molecule has 0 aliphatic carbocycles. The van der Waals surface area contributed by atoms with Crippen LogP contribution in [-0.4, -0.2) is 75.5 Å². The van der Waals surface area contributed by atoms with Crippen molar-refractivity contribution in [3.05, 3.63) is 48.4 Å². The standard InChI is InChI=1S/C28H31N9O/c1-20-9-14-36(24-17-23(33-34-28(24)30)22-5-2-3-6-25(22)38)15-16-37(20)27-8-11-31-26(32-27)7-4-12-35-13-10-21(18-29)19-35/h2-3,5-6,8,11,17,20-21,38H,9-10,12-16,19H2,1H3,(H2,30,34)/t20-,21-/m1/s1. The molecule has 3 N–H and O–H groups in total. The van der Waals surface area contributed by atoms with Gasteiger partial charge in [-0.3, -0.25) is 4.90 Å². The first-order valence-corrected chi connectivity index (χ1v) is 12.9. The van der Waals surface area contributed by atoms with E-state index >= 15 is 0 Å². The fourth-order valence-electron chi connectivity index (χ4n) is 4.99. The molecule has 0 unspecified atom stereocenters. The number of likely N-dealkylation sites (tertiary alicyclic amines) is 1. The van der Waals surface area contributed by atoms with Crippen molar-refractivity contribution in [2.24, 2.45) is 5.92 Å². The number of nitrogens with two attached hydrogens (primary N) is 1. The second-order valence-corrected chi connectivity index (χ2v) is 9.73. The maximum Gasteiger partial charge on any atom is 0.206 e. The molecule has 2 atom stereocenters. The van der Waals surface area contributed by atoms with E-state index in [-0.39, 0.29) is 17.7 Å². The van der Waals surface area contributed by atoms with E-state index in [1.807, 2.05) is 24.3 Å². The molecule has 0 spiro atoms. The number of benzene rings is 1. The molecule has 38 heavy (non-hydrogen) atoms. The molecule has 0 bridgehead atoms. The Balaban J connectivity index is 1.29. The number of phenolic OH excluding ortho intramolecular Hbond substituents is 1. The number of para-hydroxylation sites is 1. The average molecular weight is 510 g/mol. The van der Waals surface area contributed by atoms with Crippen LogP contribution in [0.4, 0.5) is 17.3 Å². The normalized spacial score (nSPS) is 19.9. The number of nitrogen functional groups attached to an aromatic ring is 1. The van der Waals surface area contributed by atoms with E-state index in [2.05, 4.69) is 54.7 Å². The SMILES string of the molecule is C[C@@H]1CCN(c2cc(-c3ccccc3O)nnc2N)CCN1c1ccnc(C#CCN2CC[C@H](C#N)C2)n1. The summed E-state index contributed by atoms with van der Waals surface area (Å²) in [4.78, 5) is 15.8. The van der Waals surface area contributed by atoms with Crippen molar-refractivity contribution >= 4 is 17.3 Å². The zero-order valence-corrected chi connectivity index (χ0v) is 21.5. The van der Waals surface area contributed by atoms with Crippen molar-refractivity contribution in [3.63, 3.8) is 0 Å². The van der Waals surface area contributed by atoms with E-state index in [0.717, 1.165) is 57.1 Å². The molecule has 2 aliphatic rings. The second kappa shape index (κ2) is 11.3. The molecule has 3 aromatic rings. The third-order valence-corrected chi connectivity index (χ3v) is 7.17. The number of phenols is 1. The van der Waals surface area contributed by atoms with Crippen LogP contribution in [0.15, 0.2) is 42.6 Å². The number of hydrogen-bond donors (Lipinski definition) is 2. The molecular formula is C28H31N9O. The zero-order valence-electron chi connectivity index (χ0n) is 21.5. The molecule has 0 radical (unpaired) electrons. The van der Waals surface area contributed by atoms with E-state index < -0.39 is 0 Å². The molecule has 0 saturated carbocycles.